The van der Waals surface area contributed by atoms with Gasteiger partial charge in [0.1, 0.15) is 0 Å². The number of hydrogen-bond donors (Lipinski definition) is 2. The molecule has 0 aromatic carbocycles. The third-order valence-electron chi connectivity index (χ3n) is 3.97. The van der Waals surface area contributed by atoms with E-state index in [1.54, 1.807) is 0 Å². The molecule has 0 radical (unpaired) electrons. The first-order valence-corrected chi connectivity index (χ1v) is 9.23. The van der Waals surface area contributed by atoms with Crippen LogP contribution in [0.3, 0.4) is 0 Å². The van der Waals surface area contributed by atoms with Gasteiger partial charge in [0.05, 0.1) is 6.10 Å². The van der Waals surface area contributed by atoms with E-state index in [2.05, 4.69) is 13.0 Å². The molecule has 0 spiro atoms. The van der Waals surface area contributed by atoms with Crippen LogP contribution in [-0.2, 0) is 4.79 Å². The molecule has 0 unspecified atom stereocenters. The summed E-state index contributed by atoms with van der Waals surface area (Å²) in [5.41, 5.74) is 0. The molecule has 0 heterocycles. The molecule has 0 rings (SSSR count). The number of unbranched alkanes of at least 4 members (excludes halogenated alkanes) is 10. The van der Waals surface area contributed by atoms with E-state index in [-0.39, 0.29) is 6.10 Å². The Morgan fingerprint density at radius 1 is 0.909 bits per heavy atom. The Kier molecular flexibility index (Phi) is 15.9. The van der Waals surface area contributed by atoms with Gasteiger partial charge in [0.25, 0.3) is 0 Å². The second-order valence-electron chi connectivity index (χ2n) is 6.25. The van der Waals surface area contributed by atoms with Gasteiger partial charge in [-0.25, -0.2) is 0 Å². The average Bonchev–Trinajstić information content (AvgIpc) is 2.49. The Labute approximate surface area is 136 Å². The van der Waals surface area contributed by atoms with Crippen molar-refractivity contribution in [3.8, 4) is 0 Å². The molecule has 0 aromatic heterocycles. The predicted molar refractivity (Wildman–Crippen MR) is 93.1 cm³/mol. The molecule has 0 aliphatic rings. The van der Waals surface area contributed by atoms with E-state index in [0.717, 1.165) is 38.5 Å². The van der Waals surface area contributed by atoms with Gasteiger partial charge in [-0.05, 0) is 25.7 Å². The van der Waals surface area contributed by atoms with Gasteiger partial charge < -0.3 is 10.2 Å². The first kappa shape index (κ1) is 21.2. The summed E-state index contributed by atoms with van der Waals surface area (Å²) in [5, 5.41) is 18.2. The van der Waals surface area contributed by atoms with Crippen molar-refractivity contribution < 1.29 is 15.0 Å². The molecule has 22 heavy (non-hydrogen) atoms. The van der Waals surface area contributed by atoms with Crippen LogP contribution in [0.25, 0.3) is 0 Å². The second-order valence-corrected chi connectivity index (χ2v) is 6.25. The summed E-state index contributed by atoms with van der Waals surface area (Å²) in [7, 11) is 0. The minimum absolute atomic E-state index is 0.249. The van der Waals surface area contributed by atoms with Crippen molar-refractivity contribution in [3.05, 3.63) is 12.2 Å². The number of carboxylic acid groups (broad SMARTS) is 1. The van der Waals surface area contributed by atoms with Crippen molar-refractivity contribution in [2.24, 2.45) is 0 Å². The molecule has 0 saturated heterocycles. The predicted octanol–water partition coefficient (Wildman–Crippen LogP) is 5.47. The maximum absolute atomic E-state index is 10.3. The van der Waals surface area contributed by atoms with Crippen LogP contribution >= 0.6 is 0 Å². The van der Waals surface area contributed by atoms with E-state index >= 15 is 0 Å². The molecule has 0 aliphatic carbocycles. The number of carbonyl (C=O) groups is 1. The van der Waals surface area contributed by atoms with Crippen LogP contribution in [-0.4, -0.2) is 22.3 Å². The average molecular weight is 312 g/mol. The van der Waals surface area contributed by atoms with Crippen LogP contribution in [0.4, 0.5) is 0 Å². The van der Waals surface area contributed by atoms with Gasteiger partial charge in [0, 0.05) is 6.42 Å². The molecule has 0 saturated carbocycles. The molecule has 0 aliphatic heterocycles. The summed E-state index contributed by atoms with van der Waals surface area (Å²) in [6.07, 6.45) is 19.0. The number of aliphatic carboxylic acids is 1. The minimum atomic E-state index is -0.674. The fraction of sp³-hybridized carbons (Fsp3) is 0.842. The van der Waals surface area contributed by atoms with Gasteiger partial charge >= 0.3 is 5.97 Å². The van der Waals surface area contributed by atoms with Gasteiger partial charge in [-0.15, -0.1) is 0 Å². The molecule has 3 heteroatoms. The van der Waals surface area contributed by atoms with Crippen molar-refractivity contribution in [2.45, 2.75) is 103 Å². The lowest BCUT2D eigenvalue weighted by Gasteiger charge is -2.03. The highest BCUT2D eigenvalue weighted by atomic mass is 16.4. The third kappa shape index (κ3) is 17.2. The largest absolute Gasteiger partial charge is 0.481 e. The molecule has 0 bridgehead atoms. The summed E-state index contributed by atoms with van der Waals surface area (Å²) < 4.78 is 0. The summed E-state index contributed by atoms with van der Waals surface area (Å²) in [6, 6.07) is 0. The molecule has 0 amide bonds. The van der Waals surface area contributed by atoms with Crippen LogP contribution in [0, 0.1) is 0 Å². The van der Waals surface area contributed by atoms with Crippen molar-refractivity contribution in [2.75, 3.05) is 0 Å². The van der Waals surface area contributed by atoms with E-state index in [0.29, 0.717) is 6.42 Å². The minimum Gasteiger partial charge on any atom is -0.481 e. The van der Waals surface area contributed by atoms with Crippen LogP contribution in [0.1, 0.15) is 96.8 Å². The summed E-state index contributed by atoms with van der Waals surface area (Å²) in [4.78, 5) is 10.3. The van der Waals surface area contributed by atoms with E-state index in [9.17, 15) is 9.90 Å². The summed E-state index contributed by atoms with van der Waals surface area (Å²) >= 11 is 0. The van der Waals surface area contributed by atoms with Gasteiger partial charge in [-0.2, -0.15) is 0 Å². The quantitative estimate of drug-likeness (QED) is 0.293. The van der Waals surface area contributed by atoms with Crippen LogP contribution in [0.2, 0.25) is 0 Å². The van der Waals surface area contributed by atoms with Crippen LogP contribution in [0.15, 0.2) is 12.2 Å². The van der Waals surface area contributed by atoms with Crippen molar-refractivity contribution in [3.63, 3.8) is 0 Å². The number of hydrogen-bond acceptors (Lipinski definition) is 2. The summed E-state index contributed by atoms with van der Waals surface area (Å²) in [5.74, 6) is -0.674. The lowest BCUT2D eigenvalue weighted by molar-refractivity contribution is -0.137. The zero-order valence-electron chi connectivity index (χ0n) is 14.4. The molecule has 1 atom stereocenters. The van der Waals surface area contributed by atoms with Gasteiger partial charge in [0.15, 0.2) is 0 Å². The lowest BCUT2D eigenvalue weighted by atomic mass is 10.1. The molecular formula is C19H36O3. The van der Waals surface area contributed by atoms with Gasteiger partial charge in [-0.3, -0.25) is 4.79 Å². The molecule has 0 fully saturated rings. The number of allylic oxidation sites excluding steroid dienone is 1. The van der Waals surface area contributed by atoms with Crippen LogP contribution in [0.5, 0.6) is 0 Å². The van der Waals surface area contributed by atoms with Crippen molar-refractivity contribution in [1.29, 1.82) is 0 Å². The zero-order chi connectivity index (χ0) is 16.5. The fourth-order valence-electron chi connectivity index (χ4n) is 2.54. The van der Waals surface area contributed by atoms with E-state index < -0.39 is 5.97 Å². The van der Waals surface area contributed by atoms with Crippen molar-refractivity contribution in [1.82, 2.24) is 0 Å². The highest BCUT2D eigenvalue weighted by Crippen LogP contribution is 2.11. The second kappa shape index (κ2) is 16.5. The Balaban J connectivity index is 3.17. The number of aliphatic hydroxyl groups is 1. The number of aliphatic hydroxyl groups excluding tert-OH is 1. The summed E-state index contributed by atoms with van der Waals surface area (Å²) in [6.45, 7) is 2.15. The Morgan fingerprint density at radius 2 is 1.45 bits per heavy atom. The first-order chi connectivity index (χ1) is 10.7. The standard InChI is InChI=1S/C19H36O3/c1-2-3-15-18(20)16-13-11-9-7-5-4-6-8-10-12-14-17-19(21)22/h13,16,18,20H,2-12,14-15,17H2,1H3,(H,21,22)/b16-13+/t18-/m1/s1. The third-order valence-corrected chi connectivity index (χ3v) is 3.97. The maximum atomic E-state index is 10.3. The van der Waals surface area contributed by atoms with Crippen molar-refractivity contribution >= 4 is 5.97 Å². The molecule has 130 valence electrons. The molecule has 2 N–H and O–H groups in total. The Bertz CT molecular complexity index is 274. The lowest BCUT2D eigenvalue weighted by Crippen LogP contribution is -2.00. The molecule has 0 aromatic rings. The Hall–Kier alpha value is -0.830. The van der Waals surface area contributed by atoms with Gasteiger partial charge in [-0.1, -0.05) is 76.9 Å². The molecular weight excluding hydrogens is 276 g/mol. The smallest absolute Gasteiger partial charge is 0.303 e. The normalized spacial score (nSPS) is 12.8. The highest BCUT2D eigenvalue weighted by molar-refractivity contribution is 5.66. The van der Waals surface area contributed by atoms with E-state index in [1.807, 2.05) is 6.08 Å². The van der Waals surface area contributed by atoms with Crippen LogP contribution < -0.4 is 0 Å². The fourth-order valence-corrected chi connectivity index (χ4v) is 2.54. The van der Waals surface area contributed by atoms with Gasteiger partial charge in [0.2, 0.25) is 0 Å². The Morgan fingerprint density at radius 3 is 2.00 bits per heavy atom. The molecule has 3 nitrogen and oxygen atoms in total. The van der Waals surface area contributed by atoms with E-state index in [1.165, 1.54) is 44.9 Å². The first-order valence-electron chi connectivity index (χ1n) is 9.23. The zero-order valence-corrected chi connectivity index (χ0v) is 14.4. The number of rotatable bonds is 16. The maximum Gasteiger partial charge on any atom is 0.303 e. The monoisotopic (exact) mass is 312 g/mol. The van der Waals surface area contributed by atoms with E-state index in [4.69, 9.17) is 5.11 Å². The highest BCUT2D eigenvalue weighted by Gasteiger charge is 1.97. The topological polar surface area (TPSA) is 57.5 Å². The SMILES string of the molecule is CCCC[C@@H](O)/C=C/CCCCCCCCCCCC(=O)O. The number of carboxylic acids is 1.